The summed E-state index contributed by atoms with van der Waals surface area (Å²) < 4.78 is 37.0. The Kier molecular flexibility index (Phi) is 6.22. The Hall–Kier alpha value is -2.09. The molecule has 1 aromatic rings. The Balaban J connectivity index is 1.58. The largest absolute Gasteiger partial charge is 0.477 e. The van der Waals surface area contributed by atoms with E-state index in [1.54, 1.807) is 29.2 Å². The van der Waals surface area contributed by atoms with Crippen LogP contribution in [0.1, 0.15) is 45.6 Å². The quantitative estimate of drug-likeness (QED) is 0.741. The molecule has 29 heavy (non-hydrogen) atoms. The molecule has 2 heterocycles. The van der Waals surface area contributed by atoms with Crippen molar-refractivity contribution >= 4 is 22.3 Å². The predicted octanol–water partition coefficient (Wildman–Crippen LogP) is 3.56. The van der Waals surface area contributed by atoms with E-state index in [2.05, 4.69) is 4.99 Å². The summed E-state index contributed by atoms with van der Waals surface area (Å²) in [4.78, 5) is 18.3. The number of piperidine rings is 1. The molecule has 2 aliphatic rings. The Morgan fingerprint density at radius 2 is 1.83 bits per heavy atom. The van der Waals surface area contributed by atoms with Crippen LogP contribution < -0.4 is 0 Å². The van der Waals surface area contributed by atoms with Crippen molar-refractivity contribution in [1.29, 1.82) is 0 Å². The van der Waals surface area contributed by atoms with Crippen molar-refractivity contribution < 1.29 is 22.7 Å². The van der Waals surface area contributed by atoms with Gasteiger partial charge in [0.25, 0.3) is 0 Å². The van der Waals surface area contributed by atoms with Gasteiger partial charge in [-0.05, 0) is 65.0 Å². The van der Waals surface area contributed by atoms with Gasteiger partial charge in [-0.3, -0.25) is 0 Å². The summed E-state index contributed by atoms with van der Waals surface area (Å²) in [5, 5.41) is -0.922. The topological polar surface area (TPSA) is 85.3 Å². The van der Waals surface area contributed by atoms with E-state index in [9.17, 15) is 13.2 Å². The molecule has 0 spiro atoms. The van der Waals surface area contributed by atoms with Crippen LogP contribution in [0.4, 0.5) is 4.79 Å². The Morgan fingerprint density at radius 1 is 1.21 bits per heavy atom. The molecule has 0 saturated carbocycles. The Morgan fingerprint density at radius 3 is 2.41 bits per heavy atom. The van der Waals surface area contributed by atoms with Gasteiger partial charge in [0.15, 0.2) is 11.8 Å². The van der Waals surface area contributed by atoms with Crippen LogP contribution in [0.15, 0.2) is 34.2 Å². The second-order valence-corrected chi connectivity index (χ2v) is 10.9. The van der Waals surface area contributed by atoms with Gasteiger partial charge in [-0.2, -0.15) is 0 Å². The number of hydrogen-bond acceptors (Lipinski definition) is 6. The molecule has 1 amide bonds. The van der Waals surface area contributed by atoms with Gasteiger partial charge in [-0.25, -0.2) is 18.2 Å². The van der Waals surface area contributed by atoms with Gasteiger partial charge in [0.1, 0.15) is 11.7 Å². The highest BCUT2D eigenvalue weighted by Crippen LogP contribution is 2.31. The molecule has 160 valence electrons. The van der Waals surface area contributed by atoms with E-state index in [0.717, 1.165) is 18.4 Å². The van der Waals surface area contributed by atoms with Crippen LogP contribution >= 0.6 is 0 Å². The highest BCUT2D eigenvalue weighted by molar-refractivity contribution is 7.92. The minimum Gasteiger partial charge on any atom is -0.477 e. The van der Waals surface area contributed by atoms with Gasteiger partial charge < -0.3 is 14.4 Å². The number of rotatable bonds is 4. The maximum Gasteiger partial charge on any atom is 0.410 e. The summed E-state index contributed by atoms with van der Waals surface area (Å²) in [7, 11) is -3.61. The summed E-state index contributed by atoms with van der Waals surface area (Å²) in [5.74, 6) is 0.274. The normalized spacial score (nSPS) is 23.1. The number of ether oxygens (including phenoxy) is 2. The average molecular weight is 423 g/mol. The van der Waals surface area contributed by atoms with Crippen molar-refractivity contribution in [3.8, 4) is 0 Å². The number of sulfone groups is 1. The van der Waals surface area contributed by atoms with E-state index < -0.39 is 26.9 Å². The number of nitrogens with zero attached hydrogens (tertiary/aromatic N) is 2. The maximum absolute atomic E-state index is 13.0. The van der Waals surface area contributed by atoms with Crippen LogP contribution in [0.3, 0.4) is 0 Å². The van der Waals surface area contributed by atoms with Crippen molar-refractivity contribution in [3.63, 3.8) is 0 Å². The molecule has 0 radical (unpaired) electrons. The van der Waals surface area contributed by atoms with Gasteiger partial charge in [-0.1, -0.05) is 17.7 Å². The zero-order valence-electron chi connectivity index (χ0n) is 17.5. The SMILES string of the molecule is Cc1ccc(S(=O)(=O)C2N=COC2CC2CCN(C(=O)OC(C)(C)C)CC2)cc1. The molecule has 8 heteroatoms. The smallest absolute Gasteiger partial charge is 0.410 e. The second kappa shape index (κ2) is 8.34. The number of benzene rings is 1. The number of amides is 1. The van der Waals surface area contributed by atoms with Crippen LogP contribution in [0, 0.1) is 12.8 Å². The van der Waals surface area contributed by atoms with Gasteiger partial charge >= 0.3 is 6.09 Å². The van der Waals surface area contributed by atoms with Crippen molar-refractivity contribution in [3.05, 3.63) is 29.8 Å². The van der Waals surface area contributed by atoms with Crippen molar-refractivity contribution in [1.82, 2.24) is 4.90 Å². The molecule has 0 N–H and O–H groups in total. The molecule has 7 nitrogen and oxygen atoms in total. The summed E-state index contributed by atoms with van der Waals surface area (Å²) in [6, 6.07) is 6.81. The third kappa shape index (κ3) is 5.29. The third-order valence-corrected chi connectivity index (χ3v) is 7.25. The summed E-state index contributed by atoms with van der Waals surface area (Å²) in [6.07, 6.45) is 2.64. The lowest BCUT2D eigenvalue weighted by molar-refractivity contribution is 0.0168. The van der Waals surface area contributed by atoms with E-state index in [0.29, 0.717) is 19.5 Å². The van der Waals surface area contributed by atoms with Gasteiger partial charge in [0.05, 0.1) is 4.90 Å². The lowest BCUT2D eigenvalue weighted by Gasteiger charge is -2.34. The minimum atomic E-state index is -3.61. The number of likely N-dealkylation sites (tertiary alicyclic amines) is 1. The van der Waals surface area contributed by atoms with Crippen LogP contribution in [0.2, 0.25) is 0 Å². The number of hydrogen-bond donors (Lipinski definition) is 0. The van der Waals surface area contributed by atoms with Crippen LogP contribution in [-0.2, 0) is 19.3 Å². The molecule has 0 bridgehead atoms. The van der Waals surface area contributed by atoms with E-state index in [-0.39, 0.29) is 16.9 Å². The molecule has 0 aromatic heterocycles. The highest BCUT2D eigenvalue weighted by atomic mass is 32.2. The van der Waals surface area contributed by atoms with E-state index in [1.807, 2.05) is 27.7 Å². The minimum absolute atomic E-state index is 0.264. The monoisotopic (exact) mass is 422 g/mol. The number of carbonyl (C=O) groups is 1. The van der Waals surface area contributed by atoms with E-state index in [1.165, 1.54) is 6.40 Å². The van der Waals surface area contributed by atoms with E-state index >= 15 is 0 Å². The fourth-order valence-electron chi connectivity index (χ4n) is 3.66. The first-order valence-corrected chi connectivity index (χ1v) is 11.6. The number of carbonyl (C=O) groups excluding carboxylic acids is 1. The van der Waals surface area contributed by atoms with Crippen LogP contribution in [0.5, 0.6) is 0 Å². The molecule has 1 fully saturated rings. The molecule has 2 aliphatic heterocycles. The fraction of sp³-hybridized carbons (Fsp3) is 0.619. The fourth-order valence-corrected chi connectivity index (χ4v) is 5.24. The standard InChI is InChI=1S/C21H30N2O5S/c1-15-5-7-17(8-6-15)29(25,26)19-18(27-14-22-19)13-16-9-11-23(12-10-16)20(24)28-21(2,3)4/h5-8,14,16,18-19H,9-13H2,1-4H3. The summed E-state index contributed by atoms with van der Waals surface area (Å²) in [5.41, 5.74) is 0.490. The van der Waals surface area contributed by atoms with Gasteiger partial charge in [0.2, 0.25) is 9.84 Å². The van der Waals surface area contributed by atoms with Crippen molar-refractivity contribution in [2.75, 3.05) is 13.1 Å². The Labute approximate surface area is 173 Å². The van der Waals surface area contributed by atoms with E-state index in [4.69, 9.17) is 9.47 Å². The predicted molar refractivity (Wildman–Crippen MR) is 111 cm³/mol. The first-order chi connectivity index (χ1) is 13.6. The lowest BCUT2D eigenvalue weighted by atomic mass is 9.91. The molecule has 1 aromatic carbocycles. The highest BCUT2D eigenvalue weighted by Gasteiger charge is 2.40. The average Bonchev–Trinajstić information content (AvgIpc) is 3.10. The molecule has 2 unspecified atom stereocenters. The number of aliphatic imine (C=N–C) groups is 1. The molecule has 1 saturated heterocycles. The second-order valence-electron chi connectivity index (χ2n) is 8.82. The molecular weight excluding hydrogens is 392 g/mol. The van der Waals surface area contributed by atoms with Gasteiger partial charge in [-0.15, -0.1) is 0 Å². The first kappa shape index (κ1) is 21.6. The van der Waals surface area contributed by atoms with Crippen molar-refractivity contribution in [2.45, 2.75) is 68.9 Å². The molecule has 3 rings (SSSR count). The van der Waals surface area contributed by atoms with Gasteiger partial charge in [0, 0.05) is 13.1 Å². The van der Waals surface area contributed by atoms with Crippen LogP contribution in [0.25, 0.3) is 0 Å². The third-order valence-electron chi connectivity index (χ3n) is 5.26. The van der Waals surface area contributed by atoms with Crippen LogP contribution in [-0.4, -0.2) is 56.0 Å². The summed E-state index contributed by atoms with van der Waals surface area (Å²) in [6.45, 7) is 8.67. The first-order valence-electron chi connectivity index (χ1n) is 10.0. The molecular formula is C21H30N2O5S. The molecule has 2 atom stereocenters. The number of aryl methyl sites for hydroxylation is 1. The Bertz CT molecular complexity index is 850. The maximum atomic E-state index is 13.0. The zero-order valence-corrected chi connectivity index (χ0v) is 18.3. The lowest BCUT2D eigenvalue weighted by Crippen LogP contribution is -2.42. The zero-order chi connectivity index (χ0) is 21.2. The summed E-state index contributed by atoms with van der Waals surface area (Å²) >= 11 is 0. The molecule has 0 aliphatic carbocycles. The van der Waals surface area contributed by atoms with Crippen molar-refractivity contribution in [2.24, 2.45) is 10.9 Å².